The summed E-state index contributed by atoms with van der Waals surface area (Å²) in [4.78, 5) is 15.9. The summed E-state index contributed by atoms with van der Waals surface area (Å²) >= 11 is 0. The molecule has 2 aromatic rings. The highest BCUT2D eigenvalue weighted by Gasteiger charge is 2.03. The topological polar surface area (TPSA) is 65.5 Å². The number of amides is 1. The van der Waals surface area contributed by atoms with Gasteiger partial charge in [0.1, 0.15) is 0 Å². The number of nitrogens with zero attached hydrogens (tertiary/aromatic N) is 1. The van der Waals surface area contributed by atoms with Gasteiger partial charge in [-0.2, -0.15) is 0 Å². The molecule has 0 aromatic heterocycles. The molecule has 146 valence electrons. The molecule has 3 N–H and O–H groups in total. The second kappa shape index (κ2) is 12.3. The molecule has 1 amide bonds. The van der Waals surface area contributed by atoms with E-state index >= 15 is 0 Å². The lowest BCUT2D eigenvalue weighted by molar-refractivity contribution is -0.116. The molecule has 0 bridgehead atoms. The molecule has 0 aliphatic rings. The summed E-state index contributed by atoms with van der Waals surface area (Å²) in [5.74, 6) is 0.813. The van der Waals surface area contributed by atoms with Crippen LogP contribution >= 0.6 is 24.0 Å². The van der Waals surface area contributed by atoms with Crippen molar-refractivity contribution in [2.45, 2.75) is 39.8 Å². The predicted molar refractivity (Wildman–Crippen MR) is 124 cm³/mol. The molecular formula is C21H29IN4O. The number of aryl methyl sites for hydroxylation is 1. The van der Waals surface area contributed by atoms with Gasteiger partial charge >= 0.3 is 0 Å². The highest BCUT2D eigenvalue weighted by molar-refractivity contribution is 14.0. The van der Waals surface area contributed by atoms with E-state index in [4.69, 9.17) is 0 Å². The van der Waals surface area contributed by atoms with Crippen LogP contribution in [-0.2, 0) is 17.9 Å². The van der Waals surface area contributed by atoms with Crippen LogP contribution in [0.4, 0.5) is 5.69 Å². The first kappa shape index (κ1) is 23.0. The molecule has 0 saturated carbocycles. The fraction of sp³-hybridized carbons (Fsp3) is 0.333. The van der Waals surface area contributed by atoms with Crippen LogP contribution in [0.5, 0.6) is 0 Å². The van der Waals surface area contributed by atoms with Gasteiger partial charge in [-0.1, -0.05) is 43.3 Å². The molecule has 5 nitrogen and oxygen atoms in total. The minimum atomic E-state index is 0. The van der Waals surface area contributed by atoms with Crippen molar-refractivity contribution < 1.29 is 4.79 Å². The van der Waals surface area contributed by atoms with Gasteiger partial charge in [0.25, 0.3) is 0 Å². The van der Waals surface area contributed by atoms with Crippen LogP contribution in [-0.4, -0.2) is 18.9 Å². The Morgan fingerprint density at radius 2 is 1.67 bits per heavy atom. The molecule has 27 heavy (non-hydrogen) atoms. The van der Waals surface area contributed by atoms with E-state index in [0.717, 1.165) is 30.2 Å². The van der Waals surface area contributed by atoms with Gasteiger partial charge in [0, 0.05) is 32.2 Å². The zero-order valence-corrected chi connectivity index (χ0v) is 18.5. The van der Waals surface area contributed by atoms with Gasteiger partial charge in [0.15, 0.2) is 5.96 Å². The molecule has 0 fully saturated rings. The third-order valence-electron chi connectivity index (χ3n) is 4.11. The second-order valence-electron chi connectivity index (χ2n) is 6.20. The zero-order valence-electron chi connectivity index (χ0n) is 16.2. The fourth-order valence-electron chi connectivity index (χ4n) is 2.55. The maximum Gasteiger partial charge on any atom is 0.224 e. The van der Waals surface area contributed by atoms with Crippen LogP contribution in [0, 0.1) is 6.92 Å². The van der Waals surface area contributed by atoms with Crippen LogP contribution in [0.15, 0.2) is 53.5 Å². The summed E-state index contributed by atoms with van der Waals surface area (Å²) in [6.45, 7) is 5.49. The molecule has 0 aliphatic heterocycles. The quantitative estimate of drug-likeness (QED) is 0.316. The van der Waals surface area contributed by atoms with E-state index in [1.807, 2.05) is 43.3 Å². The third kappa shape index (κ3) is 7.99. The largest absolute Gasteiger partial charge is 0.352 e. The van der Waals surface area contributed by atoms with Crippen LogP contribution in [0.25, 0.3) is 0 Å². The van der Waals surface area contributed by atoms with Gasteiger partial charge in [-0.15, -0.1) is 24.0 Å². The number of carbonyl (C=O) groups excluding carboxylic acids is 1. The van der Waals surface area contributed by atoms with Gasteiger partial charge in [-0.25, -0.2) is 0 Å². The second-order valence-corrected chi connectivity index (χ2v) is 6.20. The lowest BCUT2D eigenvalue weighted by Gasteiger charge is -2.13. The summed E-state index contributed by atoms with van der Waals surface area (Å²) in [6.07, 6.45) is 1.40. The zero-order chi connectivity index (χ0) is 18.8. The van der Waals surface area contributed by atoms with E-state index in [9.17, 15) is 4.79 Å². The minimum Gasteiger partial charge on any atom is -0.352 e. The van der Waals surface area contributed by atoms with Gasteiger partial charge in [-0.05, 0) is 42.2 Å². The van der Waals surface area contributed by atoms with Crippen LogP contribution < -0.4 is 16.0 Å². The average molecular weight is 480 g/mol. The number of anilines is 1. The van der Waals surface area contributed by atoms with E-state index in [1.54, 1.807) is 7.05 Å². The Morgan fingerprint density at radius 1 is 1.00 bits per heavy atom. The molecule has 0 aliphatic carbocycles. The highest BCUT2D eigenvalue weighted by Crippen LogP contribution is 2.10. The number of guanidine groups is 1. The first-order valence-electron chi connectivity index (χ1n) is 9.00. The maximum absolute atomic E-state index is 11.6. The van der Waals surface area contributed by atoms with Crippen LogP contribution in [0.1, 0.15) is 36.5 Å². The standard InChI is InChI=1S/C21H28N4O.HI/c1-4-7-20(26)25-19-12-10-17(11-13-19)14-23-21(22-3)24-15-18-9-6-5-8-16(18)2;/h5-6,8-13H,4,7,14-15H2,1-3H3,(H,25,26)(H2,22,23,24);1H. The number of hydrogen-bond acceptors (Lipinski definition) is 2. The van der Waals surface area contributed by atoms with Crippen LogP contribution in [0.3, 0.4) is 0 Å². The lowest BCUT2D eigenvalue weighted by atomic mass is 10.1. The van der Waals surface area contributed by atoms with Crippen molar-refractivity contribution in [3.63, 3.8) is 0 Å². The normalized spacial score (nSPS) is 10.7. The molecule has 0 saturated heterocycles. The van der Waals surface area contributed by atoms with Gasteiger partial charge in [0.2, 0.25) is 5.91 Å². The molecule has 0 unspecified atom stereocenters. The van der Waals surface area contributed by atoms with Gasteiger partial charge < -0.3 is 16.0 Å². The first-order chi connectivity index (χ1) is 12.6. The Kier molecular flexibility index (Phi) is 10.5. The Bertz CT molecular complexity index is 744. The molecule has 0 atom stereocenters. The van der Waals surface area contributed by atoms with Gasteiger partial charge in [-0.3, -0.25) is 9.79 Å². The molecular weight excluding hydrogens is 451 g/mol. The summed E-state index contributed by atoms with van der Waals surface area (Å²) < 4.78 is 0. The third-order valence-corrected chi connectivity index (χ3v) is 4.11. The molecule has 0 heterocycles. The van der Waals surface area contributed by atoms with E-state index < -0.39 is 0 Å². The average Bonchev–Trinajstić information content (AvgIpc) is 2.64. The summed E-state index contributed by atoms with van der Waals surface area (Å²) in [7, 11) is 1.76. The lowest BCUT2D eigenvalue weighted by Crippen LogP contribution is -2.36. The molecule has 0 spiro atoms. The SMILES string of the molecule is CCCC(=O)Nc1ccc(CNC(=NC)NCc2ccccc2C)cc1.I. The Balaban J connectivity index is 0.00000364. The molecule has 0 radical (unpaired) electrons. The summed E-state index contributed by atoms with van der Waals surface area (Å²) in [5.41, 5.74) is 4.46. The van der Waals surface area contributed by atoms with E-state index in [1.165, 1.54) is 11.1 Å². The first-order valence-corrected chi connectivity index (χ1v) is 9.00. The monoisotopic (exact) mass is 480 g/mol. The number of carbonyl (C=O) groups is 1. The smallest absolute Gasteiger partial charge is 0.224 e. The number of benzene rings is 2. The van der Waals surface area contributed by atoms with E-state index in [-0.39, 0.29) is 29.9 Å². The number of nitrogens with one attached hydrogen (secondary N) is 3. The van der Waals surface area contributed by atoms with Crippen molar-refractivity contribution in [2.75, 3.05) is 12.4 Å². The summed E-state index contributed by atoms with van der Waals surface area (Å²) in [5, 5.41) is 9.53. The highest BCUT2D eigenvalue weighted by atomic mass is 127. The van der Waals surface area contributed by atoms with Crippen molar-refractivity contribution >= 4 is 41.5 Å². The van der Waals surface area contributed by atoms with Crippen molar-refractivity contribution in [2.24, 2.45) is 4.99 Å². The predicted octanol–water partition coefficient (Wildman–Crippen LogP) is 4.22. The number of aliphatic imine (C=N–C) groups is 1. The maximum atomic E-state index is 11.6. The minimum absolute atomic E-state index is 0. The van der Waals surface area contributed by atoms with Crippen molar-refractivity contribution in [3.05, 3.63) is 65.2 Å². The summed E-state index contributed by atoms with van der Waals surface area (Å²) in [6, 6.07) is 16.2. The van der Waals surface area contributed by atoms with E-state index in [2.05, 4.69) is 40.0 Å². The van der Waals surface area contributed by atoms with Crippen molar-refractivity contribution in [1.82, 2.24) is 10.6 Å². The molecule has 2 rings (SSSR count). The number of hydrogen-bond donors (Lipinski definition) is 3. The van der Waals surface area contributed by atoms with Crippen molar-refractivity contribution in [1.29, 1.82) is 0 Å². The fourth-order valence-corrected chi connectivity index (χ4v) is 2.55. The number of rotatable bonds is 7. The van der Waals surface area contributed by atoms with Crippen LogP contribution in [0.2, 0.25) is 0 Å². The number of halogens is 1. The van der Waals surface area contributed by atoms with Crippen molar-refractivity contribution in [3.8, 4) is 0 Å². The Morgan fingerprint density at radius 3 is 2.30 bits per heavy atom. The molecule has 2 aromatic carbocycles. The van der Waals surface area contributed by atoms with Gasteiger partial charge in [0.05, 0.1) is 0 Å². The van der Waals surface area contributed by atoms with E-state index in [0.29, 0.717) is 13.0 Å². The Labute approximate surface area is 179 Å². The molecule has 6 heteroatoms. The Hall–Kier alpha value is -2.09.